The highest BCUT2D eigenvalue weighted by Gasteiger charge is 2.23. The molecule has 1 aliphatic heterocycles. The molecule has 3 amide bonds. The first-order valence-electron chi connectivity index (χ1n) is 9.78. The van der Waals surface area contributed by atoms with Crippen molar-refractivity contribution in [2.75, 3.05) is 41.7 Å². The Bertz CT molecular complexity index is 1030. The predicted octanol–water partition coefficient (Wildman–Crippen LogP) is 4.12. The topological polar surface area (TPSA) is 77.6 Å². The van der Waals surface area contributed by atoms with Crippen LogP contribution in [0.5, 0.6) is 0 Å². The van der Waals surface area contributed by atoms with Gasteiger partial charge in [0.2, 0.25) is 5.91 Å². The fraction of sp³-hybridized carbons (Fsp3) is 0.227. The number of nitrogens with one attached hydrogen (secondary N) is 2. The van der Waals surface area contributed by atoms with Crippen LogP contribution in [-0.2, 0) is 4.79 Å². The molecule has 1 aliphatic rings. The maximum Gasteiger partial charge on any atom is 0.321 e. The molecule has 0 unspecified atom stereocenters. The molecule has 2 aromatic carbocycles. The molecule has 154 valence electrons. The van der Waals surface area contributed by atoms with Crippen LogP contribution in [0.4, 0.5) is 21.3 Å². The van der Waals surface area contributed by atoms with Crippen molar-refractivity contribution in [1.82, 2.24) is 9.88 Å². The summed E-state index contributed by atoms with van der Waals surface area (Å²) in [6, 6.07) is 17.1. The number of benzene rings is 2. The van der Waals surface area contributed by atoms with E-state index in [1.165, 1.54) is 6.92 Å². The second-order valence-corrected chi connectivity index (χ2v) is 7.88. The van der Waals surface area contributed by atoms with Crippen molar-refractivity contribution < 1.29 is 9.59 Å². The van der Waals surface area contributed by atoms with Gasteiger partial charge < -0.3 is 20.4 Å². The van der Waals surface area contributed by atoms with E-state index in [-0.39, 0.29) is 11.9 Å². The lowest BCUT2D eigenvalue weighted by molar-refractivity contribution is -0.114. The quantitative estimate of drug-likeness (QED) is 0.664. The minimum absolute atomic E-state index is 0.140. The lowest BCUT2D eigenvalue weighted by Gasteiger charge is -2.34. The lowest BCUT2D eigenvalue weighted by Crippen LogP contribution is -2.50. The molecule has 1 saturated heterocycles. The highest BCUT2D eigenvalue weighted by molar-refractivity contribution is 7.14. The molecule has 7 nitrogen and oxygen atoms in total. The van der Waals surface area contributed by atoms with Crippen molar-refractivity contribution in [3.8, 4) is 11.3 Å². The highest BCUT2D eigenvalue weighted by Crippen LogP contribution is 2.28. The van der Waals surface area contributed by atoms with Gasteiger partial charge in [-0.3, -0.25) is 4.79 Å². The molecule has 2 N–H and O–H groups in total. The van der Waals surface area contributed by atoms with Crippen LogP contribution in [0.15, 0.2) is 60.0 Å². The summed E-state index contributed by atoms with van der Waals surface area (Å²) in [5.74, 6) is -0.146. The van der Waals surface area contributed by atoms with E-state index < -0.39 is 0 Å². The van der Waals surface area contributed by atoms with Crippen LogP contribution >= 0.6 is 11.3 Å². The average molecular weight is 422 g/mol. The van der Waals surface area contributed by atoms with Gasteiger partial charge in [0.1, 0.15) is 0 Å². The monoisotopic (exact) mass is 421 g/mol. The number of urea groups is 1. The Morgan fingerprint density at radius 2 is 1.63 bits per heavy atom. The van der Waals surface area contributed by atoms with Gasteiger partial charge in [0, 0.05) is 55.4 Å². The zero-order valence-electron chi connectivity index (χ0n) is 16.7. The van der Waals surface area contributed by atoms with Crippen LogP contribution in [0.2, 0.25) is 0 Å². The summed E-state index contributed by atoms with van der Waals surface area (Å²) in [7, 11) is 0. The van der Waals surface area contributed by atoms with E-state index in [9.17, 15) is 9.59 Å². The molecule has 0 aliphatic carbocycles. The van der Waals surface area contributed by atoms with Crippen molar-refractivity contribution in [3.05, 3.63) is 60.0 Å². The van der Waals surface area contributed by atoms with Crippen molar-refractivity contribution in [3.63, 3.8) is 0 Å². The van der Waals surface area contributed by atoms with Gasteiger partial charge >= 0.3 is 6.03 Å². The maximum atomic E-state index is 12.6. The van der Waals surface area contributed by atoms with Crippen molar-refractivity contribution >= 4 is 39.8 Å². The molecule has 1 fully saturated rings. The zero-order chi connectivity index (χ0) is 20.9. The van der Waals surface area contributed by atoms with E-state index in [2.05, 4.69) is 33.0 Å². The zero-order valence-corrected chi connectivity index (χ0v) is 17.5. The normalized spacial score (nSPS) is 13.8. The molecule has 30 heavy (non-hydrogen) atoms. The highest BCUT2D eigenvalue weighted by atomic mass is 32.1. The minimum atomic E-state index is -0.146. The van der Waals surface area contributed by atoms with Gasteiger partial charge in [0.25, 0.3) is 0 Å². The molecule has 8 heteroatoms. The Morgan fingerprint density at radius 3 is 2.33 bits per heavy atom. The number of rotatable bonds is 4. The third-order valence-corrected chi connectivity index (χ3v) is 5.73. The number of aromatic nitrogens is 1. The molecule has 1 aromatic heterocycles. The summed E-state index contributed by atoms with van der Waals surface area (Å²) < 4.78 is 0. The standard InChI is InChI=1S/C22H23N5O2S/c1-16(28)23-18-8-5-9-19(14-18)24-21(29)26-10-12-27(13-11-26)22-25-20(15-30-22)17-6-3-2-4-7-17/h2-9,14-15H,10-13H2,1H3,(H,23,28)(H,24,29). The Hall–Kier alpha value is -3.39. The second-order valence-electron chi connectivity index (χ2n) is 7.05. The first-order chi connectivity index (χ1) is 14.6. The maximum absolute atomic E-state index is 12.6. The number of piperazine rings is 1. The van der Waals surface area contributed by atoms with Crippen LogP contribution in [-0.4, -0.2) is 48.0 Å². The lowest BCUT2D eigenvalue weighted by atomic mass is 10.2. The van der Waals surface area contributed by atoms with Gasteiger partial charge in [0.05, 0.1) is 5.69 Å². The Morgan fingerprint density at radius 1 is 0.933 bits per heavy atom. The van der Waals surface area contributed by atoms with Gasteiger partial charge in [-0.15, -0.1) is 11.3 Å². The number of amides is 3. The van der Waals surface area contributed by atoms with Crippen LogP contribution < -0.4 is 15.5 Å². The SMILES string of the molecule is CC(=O)Nc1cccc(NC(=O)N2CCN(c3nc(-c4ccccc4)cs3)CC2)c1. The number of carbonyl (C=O) groups excluding carboxylic acids is 2. The minimum Gasteiger partial charge on any atom is -0.345 e. The van der Waals surface area contributed by atoms with Crippen LogP contribution in [0, 0.1) is 0 Å². The van der Waals surface area contributed by atoms with Gasteiger partial charge in [0.15, 0.2) is 5.13 Å². The fourth-order valence-corrected chi connectivity index (χ4v) is 4.22. The Kier molecular flexibility index (Phi) is 5.94. The smallest absolute Gasteiger partial charge is 0.321 e. The van der Waals surface area contributed by atoms with Crippen molar-refractivity contribution in [1.29, 1.82) is 0 Å². The van der Waals surface area contributed by atoms with Crippen LogP contribution in [0.1, 0.15) is 6.92 Å². The second kappa shape index (κ2) is 8.96. The van der Waals surface area contributed by atoms with Crippen molar-refractivity contribution in [2.45, 2.75) is 6.92 Å². The first-order valence-corrected chi connectivity index (χ1v) is 10.7. The number of anilines is 3. The largest absolute Gasteiger partial charge is 0.345 e. The summed E-state index contributed by atoms with van der Waals surface area (Å²) >= 11 is 1.63. The summed E-state index contributed by atoms with van der Waals surface area (Å²) in [6.07, 6.45) is 0. The summed E-state index contributed by atoms with van der Waals surface area (Å²) in [5, 5.41) is 8.69. The third-order valence-electron chi connectivity index (χ3n) is 4.83. The molecule has 0 atom stereocenters. The average Bonchev–Trinajstić information content (AvgIpc) is 3.25. The fourth-order valence-electron chi connectivity index (χ4n) is 3.33. The van der Waals surface area contributed by atoms with Crippen molar-refractivity contribution in [2.24, 2.45) is 0 Å². The Labute approximate surface area is 179 Å². The number of hydrogen-bond donors (Lipinski definition) is 2. The summed E-state index contributed by atoms with van der Waals surface area (Å²) in [6.45, 7) is 4.17. The van der Waals surface area contributed by atoms with Gasteiger partial charge in [-0.25, -0.2) is 9.78 Å². The van der Waals surface area contributed by atoms with Crippen LogP contribution in [0.25, 0.3) is 11.3 Å². The molecular formula is C22H23N5O2S. The number of nitrogens with zero attached hydrogens (tertiary/aromatic N) is 3. The predicted molar refractivity (Wildman–Crippen MR) is 121 cm³/mol. The summed E-state index contributed by atoms with van der Waals surface area (Å²) in [4.78, 5) is 32.6. The van der Waals surface area contributed by atoms with Crippen LogP contribution in [0.3, 0.4) is 0 Å². The van der Waals surface area contributed by atoms with E-state index in [0.29, 0.717) is 24.5 Å². The number of hydrogen-bond acceptors (Lipinski definition) is 5. The molecule has 0 radical (unpaired) electrons. The Balaban J connectivity index is 1.33. The van der Waals surface area contributed by atoms with E-state index in [4.69, 9.17) is 4.98 Å². The molecule has 0 spiro atoms. The van der Waals surface area contributed by atoms with E-state index in [1.807, 2.05) is 18.2 Å². The number of thiazole rings is 1. The van der Waals surface area contributed by atoms with Gasteiger partial charge in [-0.2, -0.15) is 0 Å². The molecule has 0 bridgehead atoms. The summed E-state index contributed by atoms with van der Waals surface area (Å²) in [5.41, 5.74) is 3.40. The molecule has 0 saturated carbocycles. The third kappa shape index (κ3) is 4.77. The first kappa shape index (κ1) is 19.9. The van der Waals surface area contributed by atoms with E-state index in [1.54, 1.807) is 40.5 Å². The van der Waals surface area contributed by atoms with E-state index in [0.717, 1.165) is 29.5 Å². The molecule has 4 rings (SSSR count). The molecule has 3 aromatic rings. The molecule has 2 heterocycles. The molecular weight excluding hydrogens is 398 g/mol. The number of carbonyl (C=O) groups is 2. The van der Waals surface area contributed by atoms with E-state index >= 15 is 0 Å². The van der Waals surface area contributed by atoms with Gasteiger partial charge in [-0.05, 0) is 18.2 Å². The van der Waals surface area contributed by atoms with Gasteiger partial charge in [-0.1, -0.05) is 36.4 Å².